The van der Waals surface area contributed by atoms with E-state index in [1.807, 2.05) is 13.8 Å². The Morgan fingerprint density at radius 3 is 2.12 bits per heavy atom. The molecule has 0 aliphatic carbocycles. The Labute approximate surface area is 49.8 Å². The topological polar surface area (TPSA) is 48.8 Å². The molecule has 4 heteroatoms. The molecule has 0 rings (SSSR count). The molecule has 0 atom stereocenters. The van der Waals surface area contributed by atoms with E-state index in [4.69, 9.17) is 5.53 Å². The highest BCUT2D eigenvalue weighted by molar-refractivity contribution is 6.56. The number of rotatable bonds is 3. The predicted molar refractivity (Wildman–Crippen MR) is 35.9 cm³/mol. The maximum atomic E-state index is 7.96. The van der Waals surface area contributed by atoms with Gasteiger partial charge in [-0.2, -0.15) is 0 Å². The van der Waals surface area contributed by atoms with Crippen molar-refractivity contribution in [1.82, 2.24) is 0 Å². The minimum Gasteiger partial charge on any atom is -0.148 e. The first-order chi connectivity index (χ1) is 3.85. The van der Waals surface area contributed by atoms with Gasteiger partial charge in [-0.3, -0.25) is 0 Å². The molecule has 0 unspecified atom stereocenters. The Morgan fingerprint density at radius 2 is 2.00 bits per heavy atom. The average molecular weight is 111 g/mol. The van der Waals surface area contributed by atoms with E-state index >= 15 is 0 Å². The van der Waals surface area contributed by atoms with E-state index in [1.54, 1.807) is 0 Å². The van der Waals surface area contributed by atoms with Crippen molar-refractivity contribution in [2.45, 2.75) is 26.5 Å². The van der Waals surface area contributed by atoms with Gasteiger partial charge in [-0.05, 0) is 10.4 Å². The minimum atomic E-state index is 0.208. The normalized spacial score (nSPS) is 7.75. The van der Waals surface area contributed by atoms with Gasteiger partial charge < -0.3 is 0 Å². The fraction of sp³-hybridized carbons (Fsp3) is 1.00. The highest BCUT2D eigenvalue weighted by Gasteiger charge is 2.02. The molecule has 0 aromatic rings. The Hall–Kier alpha value is -0.625. The third-order valence-electron chi connectivity index (χ3n) is 1.16. The Kier molecular flexibility index (Phi) is 4.18. The number of azide groups is 1. The highest BCUT2D eigenvalue weighted by atomic mass is 15.1. The van der Waals surface area contributed by atoms with Gasteiger partial charge in [-0.1, -0.05) is 26.5 Å². The van der Waals surface area contributed by atoms with Crippen molar-refractivity contribution in [2.75, 3.05) is 0 Å². The second-order valence-corrected chi connectivity index (χ2v) is 1.68. The molecule has 0 fully saturated rings. The van der Waals surface area contributed by atoms with Crippen LogP contribution >= 0.6 is 0 Å². The molecule has 0 radical (unpaired) electrons. The zero-order valence-corrected chi connectivity index (χ0v) is 5.33. The van der Waals surface area contributed by atoms with E-state index in [2.05, 4.69) is 9.94 Å². The maximum Gasteiger partial charge on any atom is 0.242 e. The van der Waals surface area contributed by atoms with Gasteiger partial charge in [0.1, 0.15) is 0 Å². The van der Waals surface area contributed by atoms with Gasteiger partial charge in [0.15, 0.2) is 0 Å². The summed E-state index contributed by atoms with van der Waals surface area (Å²) in [7, 11) is 0. The predicted octanol–water partition coefficient (Wildman–Crippen LogP) is 2.33. The van der Waals surface area contributed by atoms with Crippen LogP contribution in [0.3, 0.4) is 0 Å². The Balaban J connectivity index is 3.52. The largest absolute Gasteiger partial charge is 0.242 e. The van der Waals surface area contributed by atoms with Crippen LogP contribution in [-0.2, 0) is 0 Å². The van der Waals surface area contributed by atoms with Crippen molar-refractivity contribution < 1.29 is 0 Å². The van der Waals surface area contributed by atoms with E-state index in [-0.39, 0.29) is 6.85 Å². The molecule has 0 amide bonds. The molecule has 0 saturated carbocycles. The Morgan fingerprint density at radius 1 is 1.50 bits per heavy atom. The van der Waals surface area contributed by atoms with Crippen molar-refractivity contribution in [3.05, 3.63) is 10.4 Å². The van der Waals surface area contributed by atoms with Gasteiger partial charge in [0.2, 0.25) is 6.85 Å². The van der Waals surface area contributed by atoms with Crippen molar-refractivity contribution in [3.8, 4) is 0 Å². The second-order valence-electron chi connectivity index (χ2n) is 1.68. The van der Waals surface area contributed by atoms with Gasteiger partial charge in [0, 0.05) is 0 Å². The highest BCUT2D eigenvalue weighted by Crippen LogP contribution is 1.98. The summed E-state index contributed by atoms with van der Waals surface area (Å²) < 4.78 is 0. The lowest BCUT2D eigenvalue weighted by Gasteiger charge is -1.93. The zero-order valence-electron chi connectivity index (χ0n) is 5.33. The molecular formula is C4H10BN3. The molecule has 0 bridgehead atoms. The number of nitrogens with zero attached hydrogens (tertiary/aromatic N) is 3. The molecule has 0 heterocycles. The molecule has 0 saturated heterocycles. The average Bonchev–Trinajstić information content (AvgIpc) is 1.83. The SMILES string of the molecule is CCB(CC)N=[N+]=[N-]. The first-order valence-electron chi connectivity index (χ1n) is 2.89. The first-order valence-corrected chi connectivity index (χ1v) is 2.89. The summed E-state index contributed by atoms with van der Waals surface area (Å²) in [5, 5.41) is 3.54. The summed E-state index contributed by atoms with van der Waals surface area (Å²) in [6, 6.07) is 0. The van der Waals surface area contributed by atoms with Crippen LogP contribution in [0.1, 0.15) is 13.8 Å². The molecule has 8 heavy (non-hydrogen) atoms. The van der Waals surface area contributed by atoms with Crippen LogP contribution < -0.4 is 0 Å². The van der Waals surface area contributed by atoms with Gasteiger partial charge in [-0.25, -0.2) is 0 Å². The smallest absolute Gasteiger partial charge is 0.148 e. The fourth-order valence-corrected chi connectivity index (χ4v) is 0.525. The number of hydrogen-bond donors (Lipinski definition) is 0. The molecule has 0 aromatic carbocycles. The third kappa shape index (κ3) is 2.53. The monoisotopic (exact) mass is 111 g/mol. The quantitative estimate of drug-likeness (QED) is 0.232. The maximum absolute atomic E-state index is 7.96. The molecule has 3 nitrogen and oxygen atoms in total. The van der Waals surface area contributed by atoms with Gasteiger partial charge >= 0.3 is 0 Å². The molecule has 0 aromatic heterocycles. The van der Waals surface area contributed by atoms with E-state index in [9.17, 15) is 0 Å². The van der Waals surface area contributed by atoms with Gasteiger partial charge in [-0.15, -0.1) is 5.03 Å². The first kappa shape index (κ1) is 7.37. The summed E-state index contributed by atoms with van der Waals surface area (Å²) in [5.74, 6) is 0. The minimum absolute atomic E-state index is 0.208. The standard InChI is InChI=1S/C4H10BN3/c1-3-5(4-2)7-8-6/h3-4H2,1-2H3. The summed E-state index contributed by atoms with van der Waals surface area (Å²) >= 11 is 0. The van der Waals surface area contributed by atoms with Crippen molar-refractivity contribution >= 4 is 6.85 Å². The summed E-state index contributed by atoms with van der Waals surface area (Å²) in [5.41, 5.74) is 7.96. The summed E-state index contributed by atoms with van der Waals surface area (Å²) in [6.07, 6.45) is 1.89. The lowest BCUT2D eigenvalue weighted by atomic mass is 9.59. The molecule has 0 N–H and O–H groups in total. The van der Waals surface area contributed by atoms with Crippen LogP contribution in [0, 0.1) is 0 Å². The molecule has 0 aliphatic rings. The lowest BCUT2D eigenvalue weighted by Crippen LogP contribution is -2.02. The fourth-order valence-electron chi connectivity index (χ4n) is 0.525. The van der Waals surface area contributed by atoms with Crippen molar-refractivity contribution in [1.29, 1.82) is 0 Å². The van der Waals surface area contributed by atoms with Crippen molar-refractivity contribution in [2.24, 2.45) is 5.03 Å². The summed E-state index contributed by atoms with van der Waals surface area (Å²) in [4.78, 5) is 2.70. The van der Waals surface area contributed by atoms with E-state index in [0.717, 1.165) is 12.6 Å². The van der Waals surface area contributed by atoms with Gasteiger partial charge in [0.25, 0.3) is 0 Å². The lowest BCUT2D eigenvalue weighted by molar-refractivity contribution is 1.28. The van der Waals surface area contributed by atoms with Crippen LogP contribution in [0.5, 0.6) is 0 Å². The van der Waals surface area contributed by atoms with Crippen LogP contribution in [0.25, 0.3) is 10.4 Å². The second kappa shape index (κ2) is 4.53. The van der Waals surface area contributed by atoms with Gasteiger partial charge in [0.05, 0.1) is 0 Å². The van der Waals surface area contributed by atoms with E-state index < -0.39 is 0 Å². The molecular weight excluding hydrogens is 101 g/mol. The van der Waals surface area contributed by atoms with Crippen LogP contribution in [0.4, 0.5) is 0 Å². The van der Waals surface area contributed by atoms with Crippen LogP contribution in [0.15, 0.2) is 5.03 Å². The van der Waals surface area contributed by atoms with E-state index in [1.165, 1.54) is 0 Å². The summed E-state index contributed by atoms with van der Waals surface area (Å²) in [6.45, 7) is 4.24. The van der Waals surface area contributed by atoms with Crippen LogP contribution in [-0.4, -0.2) is 6.85 Å². The molecule has 0 spiro atoms. The molecule has 0 aliphatic heterocycles. The number of hydrogen-bond acceptors (Lipinski definition) is 1. The van der Waals surface area contributed by atoms with Crippen molar-refractivity contribution in [3.63, 3.8) is 0 Å². The van der Waals surface area contributed by atoms with E-state index in [0.29, 0.717) is 0 Å². The molecule has 44 valence electrons. The Bertz CT molecular complexity index is 93.5. The third-order valence-corrected chi connectivity index (χ3v) is 1.16. The van der Waals surface area contributed by atoms with Crippen LogP contribution in [0.2, 0.25) is 12.6 Å². The zero-order chi connectivity index (χ0) is 6.41.